The Morgan fingerprint density at radius 1 is 1.00 bits per heavy atom. The molecule has 2 aromatic rings. The Balaban J connectivity index is 0.00000341. The van der Waals surface area contributed by atoms with Crippen LogP contribution in [-0.4, -0.2) is 56.1 Å². The summed E-state index contributed by atoms with van der Waals surface area (Å²) in [6.07, 6.45) is 3.66. The van der Waals surface area contributed by atoms with Crippen LogP contribution in [0.5, 0.6) is 0 Å². The molecule has 0 unspecified atom stereocenters. The van der Waals surface area contributed by atoms with Gasteiger partial charge in [0.05, 0.1) is 4.90 Å². The van der Waals surface area contributed by atoms with Crippen molar-refractivity contribution in [2.24, 2.45) is 0 Å². The molecule has 0 amide bonds. The molecule has 0 aromatic heterocycles. The van der Waals surface area contributed by atoms with Gasteiger partial charge in [0.1, 0.15) is 0 Å². The SMILES string of the molecule is CCN(CC)S(=O)(=O)c1ccc(C(=O)CCN2CC=C(c3ccccc3)CC2)cc1.Cl. The van der Waals surface area contributed by atoms with Gasteiger partial charge in [-0.1, -0.05) is 62.4 Å². The Morgan fingerprint density at radius 3 is 2.19 bits per heavy atom. The molecule has 0 spiro atoms. The highest BCUT2D eigenvalue weighted by Gasteiger charge is 2.22. The molecule has 0 fully saturated rings. The maximum absolute atomic E-state index is 12.6. The van der Waals surface area contributed by atoms with E-state index in [9.17, 15) is 13.2 Å². The monoisotopic (exact) mass is 462 g/mol. The number of Topliss-reactive ketones (excluding diaryl/α,β-unsaturated/α-hetero) is 1. The second-order valence-electron chi connectivity index (χ2n) is 7.43. The summed E-state index contributed by atoms with van der Waals surface area (Å²) in [7, 11) is -3.49. The van der Waals surface area contributed by atoms with E-state index < -0.39 is 10.0 Å². The minimum atomic E-state index is -3.49. The second-order valence-corrected chi connectivity index (χ2v) is 9.37. The predicted molar refractivity (Wildman–Crippen MR) is 128 cm³/mol. The van der Waals surface area contributed by atoms with Gasteiger partial charge in [-0.3, -0.25) is 9.69 Å². The molecule has 1 heterocycles. The van der Waals surface area contributed by atoms with Crippen LogP contribution in [0.25, 0.3) is 5.57 Å². The number of hydrogen-bond acceptors (Lipinski definition) is 4. The number of hydrogen-bond donors (Lipinski definition) is 0. The summed E-state index contributed by atoms with van der Waals surface area (Å²) < 4.78 is 26.5. The first-order valence-electron chi connectivity index (χ1n) is 10.6. The van der Waals surface area contributed by atoms with Crippen LogP contribution < -0.4 is 0 Å². The van der Waals surface area contributed by atoms with Gasteiger partial charge in [0.2, 0.25) is 10.0 Å². The van der Waals surface area contributed by atoms with E-state index in [-0.39, 0.29) is 23.1 Å². The smallest absolute Gasteiger partial charge is 0.243 e. The number of sulfonamides is 1. The number of carbonyl (C=O) groups excluding carboxylic acids is 1. The highest BCUT2D eigenvalue weighted by Crippen LogP contribution is 2.22. The van der Waals surface area contributed by atoms with E-state index in [1.165, 1.54) is 27.6 Å². The van der Waals surface area contributed by atoms with Gasteiger partial charge in [0.15, 0.2) is 5.78 Å². The Morgan fingerprint density at radius 2 is 1.65 bits per heavy atom. The van der Waals surface area contributed by atoms with Gasteiger partial charge in [0, 0.05) is 44.7 Å². The van der Waals surface area contributed by atoms with Gasteiger partial charge in [0.25, 0.3) is 0 Å². The Bertz CT molecular complexity index is 985. The fraction of sp³-hybridized carbons (Fsp3) is 0.375. The molecule has 0 bridgehead atoms. The molecule has 5 nitrogen and oxygen atoms in total. The van der Waals surface area contributed by atoms with E-state index in [4.69, 9.17) is 0 Å². The summed E-state index contributed by atoms with van der Waals surface area (Å²) in [6, 6.07) is 16.7. The average molecular weight is 463 g/mol. The summed E-state index contributed by atoms with van der Waals surface area (Å²) in [5.41, 5.74) is 3.20. The minimum absolute atomic E-state index is 0. The van der Waals surface area contributed by atoms with Crippen LogP contribution in [0.2, 0.25) is 0 Å². The molecule has 1 aliphatic heterocycles. The fourth-order valence-electron chi connectivity index (χ4n) is 3.76. The first-order valence-corrected chi connectivity index (χ1v) is 12.0. The van der Waals surface area contributed by atoms with Crippen LogP contribution >= 0.6 is 12.4 Å². The van der Waals surface area contributed by atoms with Crippen LogP contribution in [-0.2, 0) is 10.0 Å². The molecular formula is C24H31ClN2O3S. The van der Waals surface area contributed by atoms with Crippen LogP contribution in [0.15, 0.2) is 65.6 Å². The molecule has 0 atom stereocenters. The van der Waals surface area contributed by atoms with Crippen molar-refractivity contribution < 1.29 is 13.2 Å². The summed E-state index contributed by atoms with van der Waals surface area (Å²) in [6.45, 7) is 6.98. The third kappa shape index (κ3) is 6.26. The first-order chi connectivity index (χ1) is 14.5. The van der Waals surface area contributed by atoms with E-state index in [1.54, 1.807) is 12.1 Å². The van der Waals surface area contributed by atoms with Gasteiger partial charge in [-0.15, -0.1) is 12.4 Å². The highest BCUT2D eigenvalue weighted by molar-refractivity contribution is 7.89. The summed E-state index contributed by atoms with van der Waals surface area (Å²) >= 11 is 0. The number of carbonyl (C=O) groups is 1. The van der Waals surface area contributed by atoms with Crippen LogP contribution in [0.4, 0.5) is 0 Å². The maximum atomic E-state index is 12.6. The minimum Gasteiger partial charge on any atom is -0.299 e. The van der Waals surface area contributed by atoms with Gasteiger partial charge in [-0.2, -0.15) is 4.31 Å². The molecule has 7 heteroatoms. The Hall–Kier alpha value is -1.99. The van der Waals surface area contributed by atoms with Gasteiger partial charge < -0.3 is 0 Å². The number of nitrogens with zero attached hydrogens (tertiary/aromatic N) is 2. The van der Waals surface area contributed by atoms with E-state index in [2.05, 4.69) is 35.2 Å². The molecule has 0 radical (unpaired) electrons. The second kappa shape index (κ2) is 11.6. The van der Waals surface area contributed by atoms with E-state index in [0.29, 0.717) is 31.6 Å². The lowest BCUT2D eigenvalue weighted by Gasteiger charge is -2.26. The Labute approximate surface area is 192 Å². The van der Waals surface area contributed by atoms with E-state index >= 15 is 0 Å². The van der Waals surface area contributed by atoms with Crippen molar-refractivity contribution in [3.63, 3.8) is 0 Å². The lowest BCUT2D eigenvalue weighted by molar-refractivity contribution is 0.0966. The normalized spacial score (nSPS) is 14.7. The molecule has 3 rings (SSSR count). The number of ketones is 1. The fourth-order valence-corrected chi connectivity index (χ4v) is 5.22. The number of benzene rings is 2. The third-order valence-corrected chi connectivity index (χ3v) is 7.68. The van der Waals surface area contributed by atoms with Gasteiger partial charge >= 0.3 is 0 Å². The summed E-state index contributed by atoms with van der Waals surface area (Å²) in [5.74, 6) is 0.0413. The molecule has 0 aliphatic carbocycles. The number of halogens is 1. The standard InChI is InChI=1S/C24H30N2O3S.ClH/c1-3-26(4-2)30(28,29)23-12-10-22(11-13-23)24(27)16-19-25-17-14-21(15-18-25)20-8-6-5-7-9-20;/h5-14H,3-4,15-19H2,1-2H3;1H. The van der Waals surface area contributed by atoms with E-state index in [0.717, 1.165) is 19.5 Å². The van der Waals surface area contributed by atoms with Crippen molar-refractivity contribution in [3.05, 3.63) is 71.8 Å². The highest BCUT2D eigenvalue weighted by atomic mass is 35.5. The predicted octanol–water partition coefficient (Wildman–Crippen LogP) is 4.50. The van der Waals surface area contributed by atoms with E-state index in [1.807, 2.05) is 19.9 Å². The molecular weight excluding hydrogens is 432 g/mol. The van der Waals surface area contributed by atoms with Crippen molar-refractivity contribution in [1.82, 2.24) is 9.21 Å². The van der Waals surface area contributed by atoms with Crippen molar-refractivity contribution in [2.45, 2.75) is 31.6 Å². The largest absolute Gasteiger partial charge is 0.299 e. The lowest BCUT2D eigenvalue weighted by atomic mass is 9.99. The number of rotatable bonds is 9. The van der Waals surface area contributed by atoms with Crippen molar-refractivity contribution >= 4 is 33.8 Å². The lowest BCUT2D eigenvalue weighted by Crippen LogP contribution is -2.31. The summed E-state index contributed by atoms with van der Waals surface area (Å²) in [4.78, 5) is 15.1. The zero-order valence-electron chi connectivity index (χ0n) is 18.2. The van der Waals surface area contributed by atoms with Crippen LogP contribution in [0.3, 0.4) is 0 Å². The summed E-state index contributed by atoms with van der Waals surface area (Å²) in [5, 5.41) is 0. The van der Waals surface area contributed by atoms with Gasteiger partial charge in [-0.25, -0.2) is 8.42 Å². The zero-order valence-corrected chi connectivity index (χ0v) is 19.8. The van der Waals surface area contributed by atoms with Crippen molar-refractivity contribution in [1.29, 1.82) is 0 Å². The molecule has 168 valence electrons. The maximum Gasteiger partial charge on any atom is 0.243 e. The van der Waals surface area contributed by atoms with Gasteiger partial charge in [-0.05, 0) is 29.7 Å². The van der Waals surface area contributed by atoms with Crippen molar-refractivity contribution in [3.8, 4) is 0 Å². The van der Waals surface area contributed by atoms with Crippen LogP contribution in [0.1, 0.15) is 42.6 Å². The molecule has 31 heavy (non-hydrogen) atoms. The Kier molecular flexibility index (Phi) is 9.44. The topological polar surface area (TPSA) is 57.7 Å². The van der Waals surface area contributed by atoms with Crippen LogP contribution in [0, 0.1) is 0 Å². The first kappa shape index (κ1) is 25.3. The molecule has 0 saturated heterocycles. The average Bonchev–Trinajstić information content (AvgIpc) is 2.79. The van der Waals surface area contributed by atoms with Crippen molar-refractivity contribution in [2.75, 3.05) is 32.7 Å². The quantitative estimate of drug-likeness (QED) is 0.515. The zero-order chi connectivity index (χ0) is 21.6. The molecule has 2 aromatic carbocycles. The molecule has 0 N–H and O–H groups in total. The molecule has 1 aliphatic rings. The molecule has 0 saturated carbocycles. The third-order valence-electron chi connectivity index (χ3n) is 5.61.